The van der Waals surface area contributed by atoms with Gasteiger partial charge in [-0.05, 0) is 44.2 Å². The normalized spacial score (nSPS) is 38.9. The second kappa shape index (κ2) is 4.38. The SMILES string of the molecule is C=P(C)(C)CC[C@H]1C[C@@H](C)C(O)[C@@H]1O. The second-order valence-corrected chi connectivity index (χ2v) is 9.72. The summed E-state index contributed by atoms with van der Waals surface area (Å²) < 4.78 is 0. The lowest BCUT2D eigenvalue weighted by Crippen LogP contribution is -2.27. The molecule has 0 aromatic rings. The minimum Gasteiger partial charge on any atom is -0.390 e. The summed E-state index contributed by atoms with van der Waals surface area (Å²) in [5.41, 5.74) is 0. The average molecular weight is 218 g/mol. The topological polar surface area (TPSA) is 40.5 Å². The predicted molar refractivity (Wildman–Crippen MR) is 64.7 cm³/mol. The summed E-state index contributed by atoms with van der Waals surface area (Å²) in [6.07, 6.45) is 6.25. The highest BCUT2D eigenvalue weighted by atomic mass is 31.2. The Kier molecular flexibility index (Phi) is 3.85. The molecule has 1 fully saturated rings. The Morgan fingerprint density at radius 3 is 2.21 bits per heavy atom. The number of hydrogen-bond acceptors (Lipinski definition) is 2. The first-order valence-electron chi connectivity index (χ1n) is 5.35. The van der Waals surface area contributed by atoms with E-state index in [0.29, 0.717) is 5.92 Å². The van der Waals surface area contributed by atoms with Crippen LogP contribution in [0, 0.1) is 11.8 Å². The Balaban J connectivity index is 2.44. The maximum Gasteiger partial charge on any atom is 0.0830 e. The summed E-state index contributed by atoms with van der Waals surface area (Å²) in [6.45, 7) is 5.47. The van der Waals surface area contributed by atoms with Crippen LogP contribution >= 0.6 is 6.89 Å². The van der Waals surface area contributed by atoms with Crippen LogP contribution in [0.3, 0.4) is 0 Å². The van der Waals surface area contributed by atoms with Crippen LogP contribution < -0.4 is 0 Å². The maximum atomic E-state index is 9.77. The summed E-state index contributed by atoms with van der Waals surface area (Å²) in [6, 6.07) is 0. The molecular weight excluding hydrogens is 195 g/mol. The van der Waals surface area contributed by atoms with Gasteiger partial charge in [-0.3, -0.25) is 0 Å². The van der Waals surface area contributed by atoms with Gasteiger partial charge in [0.2, 0.25) is 0 Å². The van der Waals surface area contributed by atoms with Gasteiger partial charge in [0.1, 0.15) is 0 Å². The van der Waals surface area contributed by atoms with Gasteiger partial charge < -0.3 is 10.2 Å². The molecule has 0 bridgehead atoms. The van der Waals surface area contributed by atoms with Gasteiger partial charge in [-0.25, -0.2) is 0 Å². The van der Waals surface area contributed by atoms with E-state index in [1.807, 2.05) is 6.92 Å². The van der Waals surface area contributed by atoms with E-state index in [2.05, 4.69) is 19.6 Å². The first-order valence-corrected chi connectivity index (χ1v) is 8.40. The fourth-order valence-corrected chi connectivity index (χ4v) is 3.21. The Morgan fingerprint density at radius 1 is 1.29 bits per heavy atom. The Labute approximate surface area is 87.3 Å². The molecule has 3 heteroatoms. The van der Waals surface area contributed by atoms with Crippen LogP contribution in [0.25, 0.3) is 0 Å². The highest BCUT2D eigenvalue weighted by Crippen LogP contribution is 2.41. The van der Waals surface area contributed by atoms with Crippen molar-refractivity contribution in [2.24, 2.45) is 11.8 Å². The van der Waals surface area contributed by atoms with E-state index in [9.17, 15) is 10.2 Å². The molecule has 1 rings (SSSR count). The molecule has 0 radical (unpaired) electrons. The molecule has 1 aliphatic rings. The quantitative estimate of drug-likeness (QED) is 0.704. The van der Waals surface area contributed by atoms with Gasteiger partial charge in [0, 0.05) is 0 Å². The van der Waals surface area contributed by atoms with Crippen molar-refractivity contribution in [3.63, 3.8) is 0 Å². The maximum absolute atomic E-state index is 9.77. The van der Waals surface area contributed by atoms with Crippen molar-refractivity contribution < 1.29 is 10.2 Å². The van der Waals surface area contributed by atoms with Crippen molar-refractivity contribution in [1.29, 1.82) is 0 Å². The third kappa shape index (κ3) is 3.12. The zero-order chi connectivity index (χ0) is 10.9. The van der Waals surface area contributed by atoms with Gasteiger partial charge in [-0.2, -0.15) is 0 Å². The molecule has 0 aliphatic heterocycles. The molecule has 0 spiro atoms. The zero-order valence-electron chi connectivity index (χ0n) is 9.48. The summed E-state index contributed by atoms with van der Waals surface area (Å²) in [7, 11) is 0. The first-order chi connectivity index (χ1) is 6.31. The Bertz CT molecular complexity index is 233. The molecule has 0 heterocycles. The molecule has 0 saturated heterocycles. The van der Waals surface area contributed by atoms with Crippen LogP contribution in [0.4, 0.5) is 0 Å². The molecule has 1 unspecified atom stereocenters. The van der Waals surface area contributed by atoms with Crippen LogP contribution in [0.5, 0.6) is 0 Å². The third-order valence-electron chi connectivity index (χ3n) is 3.20. The summed E-state index contributed by atoms with van der Waals surface area (Å²) in [4.78, 5) is 0. The van der Waals surface area contributed by atoms with Crippen LogP contribution in [0.1, 0.15) is 19.8 Å². The van der Waals surface area contributed by atoms with Crippen LogP contribution in [-0.2, 0) is 0 Å². The van der Waals surface area contributed by atoms with Crippen LogP contribution in [-0.4, -0.2) is 48.2 Å². The van der Waals surface area contributed by atoms with E-state index in [1.165, 1.54) is 0 Å². The molecule has 0 aromatic carbocycles. The molecule has 2 N–H and O–H groups in total. The molecule has 0 amide bonds. The number of rotatable bonds is 3. The highest BCUT2D eigenvalue weighted by molar-refractivity contribution is 7.72. The smallest absolute Gasteiger partial charge is 0.0830 e. The standard InChI is InChI=1S/C11H23O2P/c1-8-7-9(11(13)10(8)12)5-6-14(2,3)4/h8-13H,2,5-7H2,1,3-4H3/t8-,9+,10?,11-/m1/s1. The molecule has 84 valence electrons. The van der Waals surface area contributed by atoms with Crippen LogP contribution in [0.2, 0.25) is 0 Å². The van der Waals surface area contributed by atoms with Crippen molar-refractivity contribution in [2.45, 2.75) is 32.0 Å². The highest BCUT2D eigenvalue weighted by Gasteiger charge is 2.38. The van der Waals surface area contributed by atoms with E-state index < -0.39 is 19.1 Å². The fourth-order valence-electron chi connectivity index (χ4n) is 2.18. The molecule has 14 heavy (non-hydrogen) atoms. The molecule has 2 nitrogen and oxygen atoms in total. The van der Waals surface area contributed by atoms with Gasteiger partial charge in [0.25, 0.3) is 0 Å². The number of aliphatic hydroxyl groups is 2. The first kappa shape index (κ1) is 12.3. The summed E-state index contributed by atoms with van der Waals surface area (Å²) in [5.74, 6) is 0.544. The monoisotopic (exact) mass is 218 g/mol. The van der Waals surface area contributed by atoms with E-state index in [1.54, 1.807) is 0 Å². The summed E-state index contributed by atoms with van der Waals surface area (Å²) >= 11 is 0. The van der Waals surface area contributed by atoms with Crippen LogP contribution in [0.15, 0.2) is 0 Å². The van der Waals surface area contributed by atoms with Crippen molar-refractivity contribution in [2.75, 3.05) is 19.5 Å². The van der Waals surface area contributed by atoms with Gasteiger partial charge in [-0.15, -0.1) is 13.2 Å². The van der Waals surface area contributed by atoms with E-state index >= 15 is 0 Å². The Hall–Kier alpha value is 0.220. The van der Waals surface area contributed by atoms with Crippen molar-refractivity contribution in [1.82, 2.24) is 0 Å². The Morgan fingerprint density at radius 2 is 1.86 bits per heavy atom. The number of hydrogen-bond donors (Lipinski definition) is 2. The lowest BCUT2D eigenvalue weighted by atomic mass is 10.0. The lowest BCUT2D eigenvalue weighted by Gasteiger charge is -2.19. The van der Waals surface area contributed by atoms with Gasteiger partial charge >= 0.3 is 0 Å². The zero-order valence-corrected chi connectivity index (χ0v) is 10.4. The van der Waals surface area contributed by atoms with Crippen molar-refractivity contribution in [3.8, 4) is 0 Å². The minimum absolute atomic E-state index is 0.251. The number of aliphatic hydroxyl groups excluding tert-OH is 2. The average Bonchev–Trinajstić information content (AvgIpc) is 2.28. The van der Waals surface area contributed by atoms with Gasteiger partial charge in [0.15, 0.2) is 0 Å². The van der Waals surface area contributed by atoms with E-state index in [4.69, 9.17) is 0 Å². The van der Waals surface area contributed by atoms with Crippen molar-refractivity contribution >= 4 is 13.2 Å². The second-order valence-electron chi connectivity index (χ2n) is 5.40. The van der Waals surface area contributed by atoms with Crippen molar-refractivity contribution in [3.05, 3.63) is 0 Å². The summed E-state index contributed by atoms with van der Waals surface area (Å²) in [5, 5.41) is 19.4. The van der Waals surface area contributed by atoms with Gasteiger partial charge in [0.05, 0.1) is 12.2 Å². The fraction of sp³-hybridized carbons (Fsp3) is 0.909. The minimum atomic E-state index is -0.977. The van der Waals surface area contributed by atoms with E-state index in [0.717, 1.165) is 19.0 Å². The van der Waals surface area contributed by atoms with E-state index in [-0.39, 0.29) is 5.92 Å². The van der Waals surface area contributed by atoms with Gasteiger partial charge in [-0.1, -0.05) is 6.92 Å². The molecule has 4 atom stereocenters. The molecular formula is C11H23O2P. The third-order valence-corrected chi connectivity index (χ3v) is 4.66. The predicted octanol–water partition coefficient (Wildman–Crippen LogP) is 1.46. The molecule has 1 aliphatic carbocycles. The molecule has 0 aromatic heterocycles. The largest absolute Gasteiger partial charge is 0.390 e. The molecule has 1 saturated carbocycles. The lowest BCUT2D eigenvalue weighted by molar-refractivity contribution is 0.00639.